The summed E-state index contributed by atoms with van der Waals surface area (Å²) in [6.07, 6.45) is 3.61. The van der Waals surface area contributed by atoms with Crippen molar-refractivity contribution in [2.75, 3.05) is 0 Å². The van der Waals surface area contributed by atoms with Crippen molar-refractivity contribution in [1.82, 2.24) is 34.9 Å². The molecule has 56 heavy (non-hydrogen) atoms. The highest BCUT2D eigenvalue weighted by Crippen LogP contribution is 2.36. The quantitative estimate of drug-likeness (QED) is 0.152. The van der Waals surface area contributed by atoms with Gasteiger partial charge in [-0.1, -0.05) is 140 Å². The van der Waals surface area contributed by atoms with Crippen molar-refractivity contribution in [3.8, 4) is 79.2 Å². The summed E-state index contributed by atoms with van der Waals surface area (Å²) in [6.45, 7) is 0. The second kappa shape index (κ2) is 14.2. The average Bonchev–Trinajstić information content (AvgIpc) is 3.29. The maximum absolute atomic E-state index is 5.25. The molecule has 0 N–H and O–H groups in total. The minimum absolute atomic E-state index is 0.607. The van der Waals surface area contributed by atoms with E-state index in [9.17, 15) is 0 Å². The van der Waals surface area contributed by atoms with Gasteiger partial charge < -0.3 is 0 Å². The predicted octanol–water partition coefficient (Wildman–Crippen LogP) is 11.4. The Hall–Kier alpha value is -7.77. The van der Waals surface area contributed by atoms with Crippen molar-refractivity contribution in [2.24, 2.45) is 0 Å². The Bertz CT molecular complexity index is 2970. The molecule has 0 fully saturated rings. The van der Waals surface area contributed by atoms with Crippen LogP contribution in [-0.2, 0) is 0 Å². The third-order valence-corrected chi connectivity index (χ3v) is 9.81. The normalized spacial score (nSPS) is 11.2. The first kappa shape index (κ1) is 32.8. The SMILES string of the molecule is c1ccc(-c2cc(-c3cccc(-c4cccc(-c5nc(-c6ccccc6)nc(-c6ccccc6)n5)c4)c3)nc(-c3cc4cccnc4c4ncccc34)n2)cc1. The van der Waals surface area contributed by atoms with Crippen molar-refractivity contribution in [3.63, 3.8) is 0 Å². The van der Waals surface area contributed by atoms with Crippen LogP contribution < -0.4 is 0 Å². The summed E-state index contributed by atoms with van der Waals surface area (Å²) in [5, 5.41) is 1.93. The number of aromatic nitrogens is 7. The third kappa shape index (κ3) is 6.33. The molecule has 4 aromatic heterocycles. The van der Waals surface area contributed by atoms with Gasteiger partial charge in [0.25, 0.3) is 0 Å². The van der Waals surface area contributed by atoms with Crippen molar-refractivity contribution >= 4 is 21.8 Å². The van der Waals surface area contributed by atoms with Gasteiger partial charge >= 0.3 is 0 Å². The van der Waals surface area contributed by atoms with Crippen LogP contribution in [0.4, 0.5) is 0 Å². The molecule has 0 amide bonds. The molecule has 0 aliphatic rings. The van der Waals surface area contributed by atoms with Gasteiger partial charge in [0.15, 0.2) is 23.3 Å². The number of hydrogen-bond acceptors (Lipinski definition) is 7. The highest BCUT2D eigenvalue weighted by atomic mass is 15.0. The molecule has 10 rings (SSSR count). The Kier molecular flexibility index (Phi) is 8.35. The Morgan fingerprint density at radius 1 is 0.286 bits per heavy atom. The maximum atomic E-state index is 5.25. The Morgan fingerprint density at radius 2 is 0.768 bits per heavy atom. The van der Waals surface area contributed by atoms with Crippen LogP contribution in [0.5, 0.6) is 0 Å². The molecule has 0 bridgehead atoms. The van der Waals surface area contributed by atoms with Crippen LogP contribution in [0.3, 0.4) is 0 Å². The van der Waals surface area contributed by atoms with E-state index in [2.05, 4.69) is 83.8 Å². The molecule has 0 saturated heterocycles. The number of hydrogen-bond donors (Lipinski definition) is 0. The van der Waals surface area contributed by atoms with E-state index in [1.165, 1.54) is 0 Å². The molecule has 0 aliphatic heterocycles. The van der Waals surface area contributed by atoms with Crippen LogP contribution in [0, 0.1) is 0 Å². The van der Waals surface area contributed by atoms with Crippen LogP contribution in [0.15, 0.2) is 188 Å². The van der Waals surface area contributed by atoms with E-state index in [-0.39, 0.29) is 0 Å². The van der Waals surface area contributed by atoms with E-state index < -0.39 is 0 Å². The van der Waals surface area contributed by atoms with Crippen LogP contribution in [0.1, 0.15) is 0 Å². The van der Waals surface area contributed by atoms with E-state index in [1.54, 1.807) is 12.4 Å². The van der Waals surface area contributed by atoms with E-state index in [1.807, 2.05) is 97.1 Å². The Balaban J connectivity index is 1.09. The van der Waals surface area contributed by atoms with Crippen LogP contribution in [0.25, 0.3) is 101 Å². The largest absolute Gasteiger partial charge is 0.254 e. The van der Waals surface area contributed by atoms with Crippen molar-refractivity contribution < 1.29 is 0 Å². The molecule has 6 aromatic carbocycles. The lowest BCUT2D eigenvalue weighted by atomic mass is 9.98. The first-order chi connectivity index (χ1) is 27.7. The van der Waals surface area contributed by atoms with E-state index in [4.69, 9.17) is 29.9 Å². The number of benzene rings is 6. The first-order valence-corrected chi connectivity index (χ1v) is 18.4. The molecule has 0 saturated carbocycles. The van der Waals surface area contributed by atoms with Crippen molar-refractivity contribution in [1.29, 1.82) is 0 Å². The van der Waals surface area contributed by atoms with Gasteiger partial charge in [0, 0.05) is 56.5 Å². The highest BCUT2D eigenvalue weighted by molar-refractivity contribution is 6.09. The number of pyridine rings is 2. The molecule has 10 aromatic rings. The van der Waals surface area contributed by atoms with Gasteiger partial charge in [-0.05, 0) is 47.5 Å². The standard InChI is InChI=1S/C49H31N7/c1-4-14-32(15-5-1)42-31-43(53-49(52-42)41-30-38-24-12-26-50-44(38)45-40(41)25-13-27-51-45)37-22-10-20-35(28-37)36-21-11-23-39(29-36)48-55-46(33-16-6-2-7-17-33)54-47(56-48)34-18-8-3-9-19-34/h1-31H. The number of rotatable bonds is 7. The molecule has 262 valence electrons. The fourth-order valence-electron chi connectivity index (χ4n) is 7.07. The third-order valence-electron chi connectivity index (χ3n) is 9.81. The summed E-state index contributed by atoms with van der Waals surface area (Å²) in [5.74, 6) is 2.48. The van der Waals surface area contributed by atoms with Gasteiger partial charge in [0.2, 0.25) is 0 Å². The Morgan fingerprint density at radius 3 is 1.41 bits per heavy atom. The zero-order chi connectivity index (χ0) is 37.3. The van der Waals surface area contributed by atoms with Gasteiger partial charge in [-0.3, -0.25) is 9.97 Å². The summed E-state index contributed by atoms with van der Waals surface area (Å²) < 4.78 is 0. The molecule has 7 heteroatoms. The summed E-state index contributed by atoms with van der Waals surface area (Å²) in [6, 6.07) is 59.3. The maximum Gasteiger partial charge on any atom is 0.164 e. The summed E-state index contributed by atoms with van der Waals surface area (Å²) in [7, 11) is 0. The zero-order valence-electron chi connectivity index (χ0n) is 30.0. The second-order valence-electron chi connectivity index (χ2n) is 13.4. The topological polar surface area (TPSA) is 90.2 Å². The van der Waals surface area contributed by atoms with E-state index in [0.29, 0.717) is 23.3 Å². The fraction of sp³-hybridized carbons (Fsp3) is 0. The minimum Gasteiger partial charge on any atom is -0.254 e. The minimum atomic E-state index is 0.607. The number of fused-ring (bicyclic) bond motifs is 3. The summed E-state index contributed by atoms with van der Waals surface area (Å²) in [5.41, 5.74) is 11.0. The van der Waals surface area contributed by atoms with Gasteiger partial charge in [-0.2, -0.15) is 0 Å². The Labute approximate surface area is 323 Å². The lowest BCUT2D eigenvalue weighted by molar-refractivity contribution is 1.07. The molecule has 0 radical (unpaired) electrons. The van der Waals surface area contributed by atoms with Crippen molar-refractivity contribution in [3.05, 3.63) is 188 Å². The second-order valence-corrected chi connectivity index (χ2v) is 13.4. The monoisotopic (exact) mass is 717 g/mol. The average molecular weight is 718 g/mol. The molecule has 0 unspecified atom stereocenters. The van der Waals surface area contributed by atoms with Crippen LogP contribution in [-0.4, -0.2) is 34.9 Å². The van der Waals surface area contributed by atoms with Gasteiger partial charge in [0.1, 0.15) is 0 Å². The molecule has 7 nitrogen and oxygen atoms in total. The first-order valence-electron chi connectivity index (χ1n) is 18.4. The lowest BCUT2D eigenvalue weighted by Gasteiger charge is -2.13. The molecule has 0 aliphatic carbocycles. The number of nitrogens with zero attached hydrogens (tertiary/aromatic N) is 7. The van der Waals surface area contributed by atoms with E-state index in [0.717, 1.165) is 77.7 Å². The summed E-state index contributed by atoms with van der Waals surface area (Å²) in [4.78, 5) is 34.6. The van der Waals surface area contributed by atoms with Gasteiger partial charge in [-0.25, -0.2) is 24.9 Å². The van der Waals surface area contributed by atoms with Gasteiger partial charge in [-0.15, -0.1) is 0 Å². The lowest BCUT2D eigenvalue weighted by Crippen LogP contribution is -2.00. The van der Waals surface area contributed by atoms with Crippen LogP contribution in [0.2, 0.25) is 0 Å². The predicted molar refractivity (Wildman–Crippen MR) is 224 cm³/mol. The van der Waals surface area contributed by atoms with Crippen LogP contribution >= 0.6 is 0 Å². The zero-order valence-corrected chi connectivity index (χ0v) is 30.0. The molecular formula is C49H31N7. The summed E-state index contributed by atoms with van der Waals surface area (Å²) >= 11 is 0. The van der Waals surface area contributed by atoms with E-state index >= 15 is 0 Å². The molecule has 4 heterocycles. The molecular weight excluding hydrogens is 687 g/mol. The fourth-order valence-corrected chi connectivity index (χ4v) is 7.07. The molecule has 0 spiro atoms. The highest BCUT2D eigenvalue weighted by Gasteiger charge is 2.17. The van der Waals surface area contributed by atoms with Crippen molar-refractivity contribution in [2.45, 2.75) is 0 Å². The molecule has 0 atom stereocenters. The smallest absolute Gasteiger partial charge is 0.164 e. The van der Waals surface area contributed by atoms with Gasteiger partial charge in [0.05, 0.1) is 22.4 Å².